The van der Waals surface area contributed by atoms with Crippen LogP contribution >= 0.6 is 22.9 Å². The molecule has 4 heterocycles. The number of amides is 4. The van der Waals surface area contributed by atoms with Crippen LogP contribution in [0.4, 0.5) is 11.4 Å². The van der Waals surface area contributed by atoms with E-state index in [4.69, 9.17) is 35.3 Å². The number of nitrogens with zero attached hydrogens (tertiary/aromatic N) is 6. The molecule has 3 N–H and O–H groups in total. The smallest absolute Gasteiger partial charge is 0.269 e. The second-order valence-corrected chi connectivity index (χ2v) is 19.1. The molecule has 0 radical (unpaired) electrons. The van der Waals surface area contributed by atoms with Crippen molar-refractivity contribution < 1.29 is 42.9 Å². The first-order valence-electron chi connectivity index (χ1n) is 24.8. The molecular formula is C54H64ClN9O9S. The minimum Gasteiger partial charge on any atom is -0.378 e. The van der Waals surface area contributed by atoms with Crippen LogP contribution in [0.1, 0.15) is 82.2 Å². The summed E-state index contributed by atoms with van der Waals surface area (Å²) in [5.74, 6) is -0.644. The van der Waals surface area contributed by atoms with Crippen LogP contribution in [0.3, 0.4) is 0 Å². The van der Waals surface area contributed by atoms with E-state index >= 15 is 0 Å². The average molecular weight is 1050 g/mol. The summed E-state index contributed by atoms with van der Waals surface area (Å²) in [7, 11) is 1.73. The molecule has 2 aromatic heterocycles. The largest absolute Gasteiger partial charge is 0.378 e. The van der Waals surface area contributed by atoms with E-state index < -0.39 is 0 Å². The van der Waals surface area contributed by atoms with Crippen molar-refractivity contribution in [1.82, 2.24) is 30.3 Å². The Bertz CT molecular complexity index is 2700. The summed E-state index contributed by atoms with van der Waals surface area (Å²) in [6.45, 7) is 9.17. The normalized spacial score (nSPS) is 15.9. The van der Waals surface area contributed by atoms with E-state index in [1.807, 2.05) is 71.6 Å². The molecule has 4 amide bonds. The molecule has 74 heavy (non-hydrogen) atoms. The van der Waals surface area contributed by atoms with Crippen LogP contribution in [0.2, 0.25) is 5.02 Å². The van der Waals surface area contributed by atoms with Crippen LogP contribution in [0, 0.1) is 11.3 Å². The highest BCUT2D eigenvalue weighted by molar-refractivity contribution is 7.10. The number of rotatable bonds is 26. The maximum absolute atomic E-state index is 13.0. The van der Waals surface area contributed by atoms with E-state index in [1.165, 1.54) is 17.4 Å². The molecule has 1 fully saturated rings. The fraction of sp³-hybridized carbons (Fsp3) is 0.426. The minimum absolute atomic E-state index is 0.00223. The summed E-state index contributed by atoms with van der Waals surface area (Å²) in [5.41, 5.74) is 6.67. The summed E-state index contributed by atoms with van der Waals surface area (Å²) in [6, 6.07) is 25.0. The molecular weight excluding hydrogens is 986 g/mol. The molecule has 392 valence electrons. The van der Waals surface area contributed by atoms with Crippen molar-refractivity contribution in [3.63, 3.8) is 0 Å². The number of benzene rings is 3. The maximum atomic E-state index is 13.0. The first-order valence-corrected chi connectivity index (χ1v) is 26.1. The highest BCUT2D eigenvalue weighted by Gasteiger charge is 2.33. The van der Waals surface area contributed by atoms with Crippen LogP contribution in [0.15, 0.2) is 89.9 Å². The summed E-state index contributed by atoms with van der Waals surface area (Å²) in [5, 5.41) is 26.6. The van der Waals surface area contributed by atoms with Crippen molar-refractivity contribution in [2.24, 2.45) is 7.05 Å². The Morgan fingerprint density at radius 1 is 0.797 bits per heavy atom. The Morgan fingerprint density at radius 2 is 1.39 bits per heavy atom. The molecule has 3 aromatic carbocycles. The molecule has 2 aliphatic rings. The lowest BCUT2D eigenvalue weighted by Crippen LogP contribution is -2.43. The molecule has 1 saturated heterocycles. The van der Waals surface area contributed by atoms with Gasteiger partial charge in [0.15, 0.2) is 0 Å². The van der Waals surface area contributed by atoms with E-state index in [2.05, 4.69) is 39.0 Å². The number of halogens is 1. The topological polar surface area (TPSA) is 212 Å². The van der Waals surface area contributed by atoms with E-state index in [1.54, 1.807) is 41.2 Å². The van der Waals surface area contributed by atoms with Crippen LogP contribution in [-0.2, 0) is 40.3 Å². The number of carbonyl (C=O) groups excluding carboxylic acids is 4. The molecule has 18 nitrogen and oxygen atoms in total. The molecule has 7 rings (SSSR count). The Balaban J connectivity index is 0.674. The van der Waals surface area contributed by atoms with E-state index in [0.717, 1.165) is 40.2 Å². The summed E-state index contributed by atoms with van der Waals surface area (Å²) in [6.07, 6.45) is 5.25. The highest BCUT2D eigenvalue weighted by atomic mass is 35.5. The number of aryl methyl sites for hydroxylation is 1. The zero-order valence-electron chi connectivity index (χ0n) is 42.1. The van der Waals surface area contributed by atoms with Crippen molar-refractivity contribution in [3.8, 4) is 17.2 Å². The number of hydrogen-bond acceptors (Lipinski definition) is 14. The monoisotopic (exact) mass is 1050 g/mol. The number of likely N-dealkylation sites (tertiary alicyclic amines) is 1. The van der Waals surface area contributed by atoms with Gasteiger partial charge in [0.25, 0.3) is 17.7 Å². The average Bonchev–Trinajstić information content (AvgIpc) is 4.08. The minimum atomic E-state index is -0.301. The quantitative estimate of drug-likeness (QED) is 0.0288. The van der Waals surface area contributed by atoms with Gasteiger partial charge in [0.05, 0.1) is 77.8 Å². The number of hydrogen-bond donors (Lipinski definition) is 3. The van der Waals surface area contributed by atoms with Gasteiger partial charge in [-0.05, 0) is 104 Å². The third-order valence-electron chi connectivity index (χ3n) is 12.6. The Labute approximate surface area is 440 Å². The predicted octanol–water partition coefficient (Wildman–Crippen LogP) is 7.05. The van der Waals surface area contributed by atoms with Gasteiger partial charge in [-0.3, -0.25) is 23.9 Å². The number of anilines is 2. The molecule has 0 saturated carbocycles. The van der Waals surface area contributed by atoms with Crippen molar-refractivity contribution in [2.45, 2.75) is 51.1 Å². The van der Waals surface area contributed by atoms with Gasteiger partial charge in [0.1, 0.15) is 22.3 Å². The zero-order chi connectivity index (χ0) is 52.2. The third-order valence-corrected chi connectivity index (χ3v) is 13.6. The van der Waals surface area contributed by atoms with Crippen LogP contribution in [-0.4, -0.2) is 142 Å². The van der Waals surface area contributed by atoms with Crippen LogP contribution in [0.5, 0.6) is 0 Å². The SMILES string of the molecule is CC(=O)N1c2ccc(-c3ccc(C(=O)NCCOCCOCCOCCOCCOCCNC(=O)c4cc(C5CCN(C(=O)/C(C#N)=C/c6nccs6)CC5)nn4C)cc3)cc2[C@H](Nc2ccc(Cl)cc2)C[C@@H]1C. The summed E-state index contributed by atoms with van der Waals surface area (Å²) >= 11 is 7.49. The van der Waals surface area contributed by atoms with E-state index in [-0.39, 0.29) is 47.2 Å². The Morgan fingerprint density at radius 3 is 1.97 bits per heavy atom. The molecule has 2 atom stereocenters. The van der Waals surface area contributed by atoms with Crippen molar-refractivity contribution in [3.05, 3.63) is 122 Å². The second-order valence-electron chi connectivity index (χ2n) is 17.8. The van der Waals surface area contributed by atoms with Crippen molar-refractivity contribution in [1.29, 1.82) is 5.26 Å². The molecule has 0 bridgehead atoms. The van der Waals surface area contributed by atoms with Gasteiger partial charge >= 0.3 is 0 Å². The van der Waals surface area contributed by atoms with Gasteiger partial charge in [-0.2, -0.15) is 10.4 Å². The first kappa shape index (κ1) is 55.3. The van der Waals surface area contributed by atoms with Gasteiger partial charge in [0, 0.05) is 85.6 Å². The number of piperidine rings is 1. The number of nitrogens with one attached hydrogen (secondary N) is 3. The van der Waals surface area contributed by atoms with Gasteiger partial charge in [-0.1, -0.05) is 29.8 Å². The third kappa shape index (κ3) is 15.8. The van der Waals surface area contributed by atoms with Crippen LogP contribution in [0.25, 0.3) is 17.2 Å². The highest BCUT2D eigenvalue weighted by Crippen LogP contribution is 2.41. The van der Waals surface area contributed by atoms with Crippen molar-refractivity contribution >= 4 is 64.0 Å². The Hall–Kier alpha value is -6.50. The molecule has 0 aliphatic carbocycles. The molecule has 2 aliphatic heterocycles. The maximum Gasteiger partial charge on any atom is 0.269 e. The first-order chi connectivity index (χ1) is 36.0. The molecule has 5 aromatic rings. The zero-order valence-corrected chi connectivity index (χ0v) is 43.6. The van der Waals surface area contributed by atoms with E-state index in [9.17, 15) is 24.4 Å². The standard InChI is InChI=1S/C54H64ClN9O9S/c1-37-32-48(60-45-11-9-44(55)10-12-45)46-33-42(8-13-49(46)64(37)38(2)65)39-4-6-41(7-5-39)52(66)58-16-21-69-23-25-71-27-29-73-30-28-72-26-24-70-22-17-59-53(67)50-35-47(61-62(50)3)40-14-19-63(20-15-40)54(68)43(36-56)34-51-57-18-31-74-51/h4-13,18,31,33-35,37,40,48,60H,14-17,19-30,32H2,1-3H3,(H,58,66)(H,59,67)/b43-34+/t37-,48+/m0/s1. The number of nitriles is 1. The summed E-state index contributed by atoms with van der Waals surface area (Å²) < 4.78 is 29.5. The second kappa shape index (κ2) is 28.2. The van der Waals surface area contributed by atoms with Gasteiger partial charge in [-0.25, -0.2) is 4.98 Å². The van der Waals surface area contributed by atoms with Crippen molar-refractivity contribution in [2.75, 3.05) is 102 Å². The Kier molecular flexibility index (Phi) is 21.1. The number of aromatic nitrogens is 3. The number of fused-ring (bicyclic) bond motifs is 1. The van der Waals surface area contributed by atoms with Gasteiger partial charge in [0.2, 0.25) is 5.91 Å². The fourth-order valence-corrected chi connectivity index (χ4v) is 9.59. The lowest BCUT2D eigenvalue weighted by atomic mass is 9.88. The summed E-state index contributed by atoms with van der Waals surface area (Å²) in [4.78, 5) is 59.1. The van der Waals surface area contributed by atoms with Gasteiger partial charge < -0.3 is 49.4 Å². The molecule has 0 spiro atoms. The lowest BCUT2D eigenvalue weighted by Gasteiger charge is -2.39. The lowest BCUT2D eigenvalue weighted by molar-refractivity contribution is -0.127. The molecule has 20 heteroatoms. The van der Waals surface area contributed by atoms with E-state index in [0.29, 0.717) is 126 Å². The fourth-order valence-electron chi connectivity index (χ4n) is 8.89. The van der Waals surface area contributed by atoms with Gasteiger partial charge in [-0.15, -0.1) is 11.3 Å². The number of thiazole rings is 1. The van der Waals surface area contributed by atoms with Crippen LogP contribution < -0.4 is 20.9 Å². The molecule has 0 unspecified atom stereocenters. The number of carbonyl (C=O) groups is 4. The number of ether oxygens (including phenoxy) is 5. The predicted molar refractivity (Wildman–Crippen MR) is 283 cm³/mol.